The van der Waals surface area contributed by atoms with Gasteiger partial charge in [0.25, 0.3) is 5.91 Å². The number of carboxylic acids is 1. The van der Waals surface area contributed by atoms with E-state index in [2.05, 4.69) is 26.2 Å². The minimum Gasteiger partial charge on any atom is -0.481 e. The maximum Gasteiger partial charge on any atom is 0.303 e. The van der Waals surface area contributed by atoms with E-state index in [1.807, 2.05) is 24.3 Å². The van der Waals surface area contributed by atoms with E-state index >= 15 is 0 Å². The maximum absolute atomic E-state index is 12.5. The zero-order valence-electron chi connectivity index (χ0n) is 12.9. The molecule has 0 bridgehead atoms. The number of hydrogen-bond donors (Lipinski definition) is 1. The van der Waals surface area contributed by atoms with Gasteiger partial charge in [-0.25, -0.2) is 4.68 Å². The first-order valence-electron chi connectivity index (χ1n) is 7.72. The number of carbonyl (C=O) groups is 2. The zero-order valence-corrected chi connectivity index (χ0v) is 14.5. The minimum absolute atomic E-state index is 0.143. The van der Waals surface area contributed by atoms with E-state index in [0.717, 1.165) is 10.2 Å². The molecule has 1 aromatic carbocycles. The summed E-state index contributed by atoms with van der Waals surface area (Å²) in [6.07, 6.45) is 3.20. The fraction of sp³-hybridized carbons (Fsp3) is 0.375. The van der Waals surface area contributed by atoms with Crippen LogP contribution in [0.25, 0.3) is 5.69 Å². The number of aliphatic carboxylic acids is 1. The largest absolute Gasteiger partial charge is 0.481 e. The standard InChI is InChI=1S/C16H17BrN4O3/c17-12-2-1-3-13(9-12)21-10-14(18-19-21)16(24)20-6-4-11(5-7-20)8-15(22)23/h1-3,9-11H,4-8H2,(H,22,23). The highest BCUT2D eigenvalue weighted by atomic mass is 79.9. The van der Waals surface area contributed by atoms with Crippen molar-refractivity contribution in [3.63, 3.8) is 0 Å². The van der Waals surface area contributed by atoms with E-state index in [0.29, 0.717) is 31.6 Å². The van der Waals surface area contributed by atoms with Crippen LogP contribution in [-0.4, -0.2) is 50.0 Å². The predicted octanol–water partition coefficient (Wildman–Crippen LogP) is 2.36. The number of nitrogens with zero attached hydrogens (tertiary/aromatic N) is 4. The van der Waals surface area contributed by atoms with Crippen LogP contribution in [0.15, 0.2) is 34.9 Å². The van der Waals surface area contributed by atoms with Crippen molar-refractivity contribution in [3.05, 3.63) is 40.6 Å². The molecule has 1 aliphatic heterocycles. The molecule has 24 heavy (non-hydrogen) atoms. The SMILES string of the molecule is O=C(O)CC1CCN(C(=O)c2cn(-c3cccc(Br)c3)nn2)CC1. The highest BCUT2D eigenvalue weighted by Gasteiger charge is 2.26. The number of carbonyl (C=O) groups excluding carboxylic acids is 1. The van der Waals surface area contributed by atoms with Gasteiger partial charge >= 0.3 is 5.97 Å². The zero-order chi connectivity index (χ0) is 17.1. The van der Waals surface area contributed by atoms with Gasteiger partial charge in [-0.15, -0.1) is 5.10 Å². The number of aromatic nitrogens is 3. The smallest absolute Gasteiger partial charge is 0.303 e. The molecule has 2 aromatic rings. The van der Waals surface area contributed by atoms with Crippen molar-refractivity contribution in [1.82, 2.24) is 19.9 Å². The van der Waals surface area contributed by atoms with Crippen LogP contribution in [0, 0.1) is 5.92 Å². The van der Waals surface area contributed by atoms with Gasteiger partial charge < -0.3 is 10.0 Å². The number of carboxylic acid groups (broad SMARTS) is 1. The molecule has 126 valence electrons. The highest BCUT2D eigenvalue weighted by Crippen LogP contribution is 2.22. The molecule has 8 heteroatoms. The van der Waals surface area contributed by atoms with Gasteiger partial charge in [-0.1, -0.05) is 27.2 Å². The lowest BCUT2D eigenvalue weighted by Gasteiger charge is -2.30. The summed E-state index contributed by atoms with van der Waals surface area (Å²) >= 11 is 3.40. The van der Waals surface area contributed by atoms with E-state index < -0.39 is 5.97 Å². The molecule has 0 spiro atoms. The minimum atomic E-state index is -0.781. The van der Waals surface area contributed by atoms with Crippen molar-refractivity contribution in [3.8, 4) is 5.69 Å². The summed E-state index contributed by atoms with van der Waals surface area (Å²) in [4.78, 5) is 25.0. The molecule has 0 radical (unpaired) electrons. The van der Waals surface area contributed by atoms with E-state index in [1.165, 1.54) is 0 Å². The van der Waals surface area contributed by atoms with Gasteiger partial charge in [-0.3, -0.25) is 9.59 Å². The Bertz CT molecular complexity index is 753. The molecule has 0 unspecified atom stereocenters. The van der Waals surface area contributed by atoms with Crippen LogP contribution in [-0.2, 0) is 4.79 Å². The van der Waals surface area contributed by atoms with E-state index in [9.17, 15) is 9.59 Å². The second-order valence-corrected chi connectivity index (χ2v) is 6.78. The quantitative estimate of drug-likeness (QED) is 0.862. The number of amides is 1. The Balaban J connectivity index is 1.65. The molecule has 1 amide bonds. The molecule has 1 saturated heterocycles. The molecule has 2 heterocycles. The third kappa shape index (κ3) is 3.81. The number of rotatable bonds is 4. The first-order valence-corrected chi connectivity index (χ1v) is 8.51. The Morgan fingerprint density at radius 1 is 1.29 bits per heavy atom. The van der Waals surface area contributed by atoms with Gasteiger partial charge in [-0.05, 0) is 37.0 Å². The Hall–Kier alpha value is -2.22. The van der Waals surface area contributed by atoms with Gasteiger partial charge in [0, 0.05) is 24.0 Å². The van der Waals surface area contributed by atoms with Crippen LogP contribution in [0.4, 0.5) is 0 Å². The summed E-state index contributed by atoms with van der Waals surface area (Å²) in [5, 5.41) is 16.8. The summed E-state index contributed by atoms with van der Waals surface area (Å²) in [7, 11) is 0. The number of likely N-dealkylation sites (tertiary alicyclic amines) is 1. The van der Waals surface area contributed by atoms with Crippen molar-refractivity contribution >= 4 is 27.8 Å². The molecule has 1 N–H and O–H groups in total. The van der Waals surface area contributed by atoms with Crippen molar-refractivity contribution in [2.45, 2.75) is 19.3 Å². The summed E-state index contributed by atoms with van der Waals surface area (Å²) in [6, 6.07) is 7.56. The van der Waals surface area contributed by atoms with Crippen LogP contribution >= 0.6 is 15.9 Å². The van der Waals surface area contributed by atoms with Gasteiger partial charge in [-0.2, -0.15) is 0 Å². The normalized spacial score (nSPS) is 15.5. The average molecular weight is 393 g/mol. The number of hydrogen-bond acceptors (Lipinski definition) is 4. The van der Waals surface area contributed by atoms with Gasteiger partial charge in [0.05, 0.1) is 11.9 Å². The molecule has 0 saturated carbocycles. The fourth-order valence-corrected chi connectivity index (χ4v) is 3.24. The van der Waals surface area contributed by atoms with Crippen molar-refractivity contribution in [2.75, 3.05) is 13.1 Å². The second kappa shape index (κ2) is 7.12. The van der Waals surface area contributed by atoms with Crippen LogP contribution in [0.1, 0.15) is 29.8 Å². The molecule has 7 nitrogen and oxygen atoms in total. The Kier molecular flexibility index (Phi) is 4.94. The van der Waals surface area contributed by atoms with Crippen molar-refractivity contribution in [2.24, 2.45) is 5.92 Å². The molecule has 1 aliphatic rings. The second-order valence-electron chi connectivity index (χ2n) is 5.86. The van der Waals surface area contributed by atoms with E-state index in [-0.39, 0.29) is 18.2 Å². The molecular formula is C16H17BrN4O3. The number of benzene rings is 1. The van der Waals surface area contributed by atoms with Crippen molar-refractivity contribution < 1.29 is 14.7 Å². The van der Waals surface area contributed by atoms with Gasteiger partial charge in [0.1, 0.15) is 0 Å². The average Bonchev–Trinajstić information content (AvgIpc) is 3.04. The molecule has 3 rings (SSSR count). The fourth-order valence-electron chi connectivity index (χ4n) is 2.86. The monoisotopic (exact) mass is 392 g/mol. The van der Waals surface area contributed by atoms with Crippen LogP contribution < -0.4 is 0 Å². The summed E-state index contributed by atoms with van der Waals surface area (Å²) in [5.41, 5.74) is 1.11. The molecule has 0 atom stereocenters. The summed E-state index contributed by atoms with van der Waals surface area (Å²) in [6.45, 7) is 1.11. The molecule has 0 aliphatic carbocycles. The lowest BCUT2D eigenvalue weighted by molar-refractivity contribution is -0.138. The topological polar surface area (TPSA) is 88.3 Å². The number of halogens is 1. The first-order chi connectivity index (χ1) is 11.5. The molecule has 1 aromatic heterocycles. The molecular weight excluding hydrogens is 376 g/mol. The van der Waals surface area contributed by atoms with E-state index in [1.54, 1.807) is 15.8 Å². The maximum atomic E-state index is 12.5. The van der Waals surface area contributed by atoms with Crippen LogP contribution in [0.2, 0.25) is 0 Å². The van der Waals surface area contributed by atoms with Crippen LogP contribution in [0.5, 0.6) is 0 Å². The van der Waals surface area contributed by atoms with Gasteiger partial charge in [0.15, 0.2) is 5.69 Å². The van der Waals surface area contributed by atoms with Crippen LogP contribution in [0.3, 0.4) is 0 Å². The molecule has 1 fully saturated rings. The lowest BCUT2D eigenvalue weighted by atomic mass is 9.93. The first kappa shape index (κ1) is 16.6. The van der Waals surface area contributed by atoms with E-state index in [4.69, 9.17) is 5.11 Å². The van der Waals surface area contributed by atoms with Gasteiger partial charge in [0.2, 0.25) is 0 Å². The summed E-state index contributed by atoms with van der Waals surface area (Å²) in [5.74, 6) is -0.800. The van der Waals surface area contributed by atoms with Crippen molar-refractivity contribution in [1.29, 1.82) is 0 Å². The Morgan fingerprint density at radius 2 is 2.04 bits per heavy atom. The number of piperidine rings is 1. The predicted molar refractivity (Wildman–Crippen MR) is 89.9 cm³/mol. The lowest BCUT2D eigenvalue weighted by Crippen LogP contribution is -2.39. The highest BCUT2D eigenvalue weighted by molar-refractivity contribution is 9.10. The summed E-state index contributed by atoms with van der Waals surface area (Å²) < 4.78 is 2.48. The third-order valence-electron chi connectivity index (χ3n) is 4.15. The Morgan fingerprint density at radius 3 is 2.71 bits per heavy atom. The Labute approximate surface area is 147 Å². The third-order valence-corrected chi connectivity index (χ3v) is 4.64.